The molecule has 0 saturated carbocycles. The number of rotatable bonds is 5. The van der Waals surface area contributed by atoms with Crippen LogP contribution in [0.25, 0.3) is 0 Å². The molecule has 2 amide bonds. The van der Waals surface area contributed by atoms with Gasteiger partial charge in [0.2, 0.25) is 17.7 Å². The average molecular weight is 343 g/mol. The van der Waals surface area contributed by atoms with E-state index in [0.717, 1.165) is 16.1 Å². The number of carbonyl (C=O) groups is 2. The largest absolute Gasteiger partial charge is 0.481 e. The molecule has 0 spiro atoms. The van der Waals surface area contributed by atoms with Crippen molar-refractivity contribution in [1.82, 2.24) is 10.3 Å². The van der Waals surface area contributed by atoms with E-state index < -0.39 is 0 Å². The predicted molar refractivity (Wildman–Crippen MR) is 92.2 cm³/mol. The van der Waals surface area contributed by atoms with Crippen LogP contribution in [0.2, 0.25) is 0 Å². The SMILES string of the molecule is COc1ncccc1CNC(=O)CN1C(=O)CSc2ccccc21. The molecule has 3 rings (SSSR count). The number of pyridine rings is 1. The van der Waals surface area contributed by atoms with E-state index in [9.17, 15) is 9.59 Å². The van der Waals surface area contributed by atoms with Gasteiger partial charge in [-0.3, -0.25) is 9.59 Å². The molecule has 1 aromatic heterocycles. The average Bonchev–Trinajstić information content (AvgIpc) is 2.62. The Kier molecular flexibility index (Phi) is 5.00. The van der Waals surface area contributed by atoms with Gasteiger partial charge in [0, 0.05) is 23.2 Å². The van der Waals surface area contributed by atoms with Crippen LogP contribution in [0.4, 0.5) is 5.69 Å². The van der Waals surface area contributed by atoms with Crippen molar-refractivity contribution in [3.63, 3.8) is 0 Å². The van der Waals surface area contributed by atoms with Crippen LogP contribution in [0.1, 0.15) is 5.56 Å². The second kappa shape index (κ2) is 7.35. The van der Waals surface area contributed by atoms with E-state index in [1.165, 1.54) is 23.8 Å². The van der Waals surface area contributed by atoms with Gasteiger partial charge in [0.15, 0.2) is 0 Å². The van der Waals surface area contributed by atoms with E-state index in [-0.39, 0.29) is 18.4 Å². The van der Waals surface area contributed by atoms with Crippen molar-refractivity contribution in [2.75, 3.05) is 24.3 Å². The van der Waals surface area contributed by atoms with Gasteiger partial charge in [0.25, 0.3) is 0 Å². The molecule has 1 aromatic carbocycles. The Morgan fingerprint density at radius 2 is 2.17 bits per heavy atom. The van der Waals surface area contributed by atoms with Gasteiger partial charge in [0.05, 0.1) is 18.6 Å². The fourth-order valence-corrected chi connectivity index (χ4v) is 3.40. The number of methoxy groups -OCH3 is 1. The number of hydrogen-bond donors (Lipinski definition) is 1. The molecular formula is C17H17N3O3S. The number of carbonyl (C=O) groups excluding carboxylic acids is 2. The fourth-order valence-electron chi connectivity index (χ4n) is 2.46. The first-order valence-electron chi connectivity index (χ1n) is 7.46. The number of fused-ring (bicyclic) bond motifs is 1. The molecule has 124 valence electrons. The Bertz CT molecular complexity index is 766. The second-order valence-electron chi connectivity index (χ2n) is 5.18. The van der Waals surface area contributed by atoms with Crippen molar-refractivity contribution in [1.29, 1.82) is 0 Å². The maximum Gasteiger partial charge on any atom is 0.240 e. The lowest BCUT2D eigenvalue weighted by atomic mass is 10.2. The van der Waals surface area contributed by atoms with Crippen LogP contribution in [0.5, 0.6) is 5.88 Å². The monoisotopic (exact) mass is 343 g/mol. The fraction of sp³-hybridized carbons (Fsp3) is 0.235. The standard InChI is InChI=1S/C17H17N3O3S/c1-23-17-12(5-4-8-18-17)9-19-15(21)10-20-13-6-2-3-7-14(13)24-11-16(20)22/h2-8H,9-11H2,1H3,(H,19,21). The van der Waals surface area contributed by atoms with Crippen LogP contribution in [-0.4, -0.2) is 36.2 Å². The number of amides is 2. The van der Waals surface area contributed by atoms with Crippen molar-refractivity contribution in [3.8, 4) is 5.88 Å². The van der Waals surface area contributed by atoms with E-state index >= 15 is 0 Å². The number of nitrogens with zero attached hydrogens (tertiary/aromatic N) is 2. The maximum atomic E-state index is 12.3. The van der Waals surface area contributed by atoms with E-state index in [1.54, 1.807) is 12.3 Å². The normalized spacial score (nSPS) is 13.4. The third-order valence-electron chi connectivity index (χ3n) is 3.63. The van der Waals surface area contributed by atoms with Crippen LogP contribution < -0.4 is 15.0 Å². The Morgan fingerprint density at radius 3 is 3.00 bits per heavy atom. The zero-order valence-corrected chi connectivity index (χ0v) is 14.0. The summed E-state index contributed by atoms with van der Waals surface area (Å²) in [5, 5.41) is 2.81. The Hall–Kier alpha value is -2.54. The molecule has 0 atom stereocenters. The molecule has 24 heavy (non-hydrogen) atoms. The number of hydrogen-bond acceptors (Lipinski definition) is 5. The van der Waals surface area contributed by atoms with Crippen LogP contribution in [0, 0.1) is 0 Å². The van der Waals surface area contributed by atoms with Gasteiger partial charge in [-0.25, -0.2) is 4.98 Å². The van der Waals surface area contributed by atoms with Crippen LogP contribution in [-0.2, 0) is 16.1 Å². The van der Waals surface area contributed by atoms with E-state index in [2.05, 4.69) is 10.3 Å². The Labute approximate surface area is 144 Å². The minimum Gasteiger partial charge on any atom is -0.481 e. The molecule has 0 radical (unpaired) electrons. The van der Waals surface area contributed by atoms with E-state index in [0.29, 0.717) is 18.2 Å². The Balaban J connectivity index is 1.66. The van der Waals surface area contributed by atoms with Crippen LogP contribution in [0.3, 0.4) is 0 Å². The van der Waals surface area contributed by atoms with Gasteiger partial charge >= 0.3 is 0 Å². The third kappa shape index (κ3) is 3.51. The lowest BCUT2D eigenvalue weighted by Crippen LogP contribution is -2.43. The molecule has 2 heterocycles. The summed E-state index contributed by atoms with van der Waals surface area (Å²) >= 11 is 1.50. The molecule has 0 fully saturated rings. The molecule has 1 aliphatic rings. The first-order chi connectivity index (χ1) is 11.7. The highest BCUT2D eigenvalue weighted by Gasteiger charge is 2.26. The number of aromatic nitrogens is 1. The summed E-state index contributed by atoms with van der Waals surface area (Å²) in [6.07, 6.45) is 1.63. The predicted octanol–water partition coefficient (Wildman–Crippen LogP) is 1.85. The molecule has 0 unspecified atom stereocenters. The van der Waals surface area contributed by atoms with Gasteiger partial charge in [-0.05, 0) is 18.2 Å². The van der Waals surface area contributed by atoms with Gasteiger partial charge in [0.1, 0.15) is 6.54 Å². The quantitative estimate of drug-likeness (QED) is 0.897. The van der Waals surface area contributed by atoms with Crippen LogP contribution >= 0.6 is 11.8 Å². The van der Waals surface area contributed by atoms with Crippen molar-refractivity contribution in [3.05, 3.63) is 48.2 Å². The summed E-state index contributed by atoms with van der Waals surface area (Å²) in [6, 6.07) is 11.2. The zero-order chi connectivity index (χ0) is 16.9. The smallest absolute Gasteiger partial charge is 0.240 e. The first-order valence-corrected chi connectivity index (χ1v) is 8.44. The third-order valence-corrected chi connectivity index (χ3v) is 4.68. The van der Waals surface area contributed by atoms with Crippen molar-refractivity contribution < 1.29 is 14.3 Å². The topological polar surface area (TPSA) is 71.5 Å². The van der Waals surface area contributed by atoms with Crippen molar-refractivity contribution in [2.45, 2.75) is 11.4 Å². The molecule has 0 saturated heterocycles. The highest BCUT2D eigenvalue weighted by atomic mass is 32.2. The molecule has 1 N–H and O–H groups in total. The molecular weight excluding hydrogens is 326 g/mol. The molecule has 6 nitrogen and oxygen atoms in total. The molecule has 0 aliphatic carbocycles. The first kappa shape index (κ1) is 16.3. The number of nitrogens with one attached hydrogen (secondary N) is 1. The summed E-state index contributed by atoms with van der Waals surface area (Å²) in [4.78, 5) is 31.1. The van der Waals surface area contributed by atoms with Gasteiger partial charge in [-0.1, -0.05) is 18.2 Å². The number of thioether (sulfide) groups is 1. The maximum absolute atomic E-state index is 12.3. The highest BCUT2D eigenvalue weighted by Crippen LogP contribution is 2.34. The van der Waals surface area contributed by atoms with E-state index in [1.807, 2.05) is 30.3 Å². The summed E-state index contributed by atoms with van der Waals surface area (Å²) in [6.45, 7) is 0.299. The lowest BCUT2D eigenvalue weighted by Gasteiger charge is -2.28. The number of benzene rings is 1. The van der Waals surface area contributed by atoms with Crippen molar-refractivity contribution in [2.24, 2.45) is 0 Å². The molecule has 2 aromatic rings. The Morgan fingerprint density at radius 1 is 1.33 bits per heavy atom. The minimum atomic E-state index is -0.226. The number of ether oxygens (including phenoxy) is 1. The number of anilines is 1. The van der Waals surface area contributed by atoms with Crippen molar-refractivity contribution >= 4 is 29.3 Å². The molecule has 0 bridgehead atoms. The second-order valence-corrected chi connectivity index (χ2v) is 6.20. The summed E-state index contributed by atoms with van der Waals surface area (Å²) in [7, 11) is 1.54. The summed E-state index contributed by atoms with van der Waals surface area (Å²) in [5.74, 6) is 0.540. The van der Waals surface area contributed by atoms with Crippen LogP contribution in [0.15, 0.2) is 47.5 Å². The highest BCUT2D eigenvalue weighted by molar-refractivity contribution is 8.00. The zero-order valence-electron chi connectivity index (χ0n) is 13.2. The lowest BCUT2D eigenvalue weighted by molar-refractivity contribution is -0.123. The number of para-hydroxylation sites is 1. The summed E-state index contributed by atoms with van der Waals surface area (Å²) in [5.41, 5.74) is 1.57. The molecule has 1 aliphatic heterocycles. The van der Waals surface area contributed by atoms with Gasteiger partial charge < -0.3 is 15.0 Å². The van der Waals surface area contributed by atoms with E-state index in [4.69, 9.17) is 4.74 Å². The van der Waals surface area contributed by atoms with Gasteiger partial charge in [-0.15, -0.1) is 11.8 Å². The molecule has 7 heteroatoms. The summed E-state index contributed by atoms with van der Waals surface area (Å²) < 4.78 is 5.16. The minimum absolute atomic E-state index is 0.00101. The van der Waals surface area contributed by atoms with Gasteiger partial charge in [-0.2, -0.15) is 0 Å².